The fourth-order valence-electron chi connectivity index (χ4n) is 2.73. The predicted molar refractivity (Wildman–Crippen MR) is 82.2 cm³/mol. The van der Waals surface area contributed by atoms with Crippen molar-refractivity contribution in [2.45, 2.75) is 0 Å². The number of hydrogen-bond acceptors (Lipinski definition) is 2. The van der Waals surface area contributed by atoms with E-state index in [0.29, 0.717) is 11.1 Å². The van der Waals surface area contributed by atoms with Gasteiger partial charge in [-0.1, -0.05) is 18.2 Å². The van der Waals surface area contributed by atoms with Crippen LogP contribution in [0.25, 0.3) is 21.8 Å². The minimum absolute atomic E-state index is 0.0311. The van der Waals surface area contributed by atoms with E-state index in [-0.39, 0.29) is 5.91 Å². The summed E-state index contributed by atoms with van der Waals surface area (Å²) in [5, 5.41) is 1.91. The molecular formula is C18H11NO2. The van der Waals surface area contributed by atoms with Gasteiger partial charge in [-0.05, 0) is 53.2 Å². The van der Waals surface area contributed by atoms with Gasteiger partial charge < -0.3 is 0 Å². The average Bonchev–Trinajstić information content (AvgIpc) is 3.13. The van der Waals surface area contributed by atoms with E-state index in [9.17, 15) is 9.59 Å². The zero-order chi connectivity index (χ0) is 14.4. The first-order valence-corrected chi connectivity index (χ1v) is 6.70. The van der Waals surface area contributed by atoms with Crippen molar-refractivity contribution in [2.24, 2.45) is 0 Å². The topological polar surface area (TPSA) is 39.1 Å². The van der Waals surface area contributed by atoms with Crippen molar-refractivity contribution in [3.63, 3.8) is 0 Å². The third-order valence-electron chi connectivity index (χ3n) is 3.82. The maximum Gasteiger partial charge on any atom is 0.262 e. The fraction of sp³-hybridized carbons (Fsp3) is 0. The van der Waals surface area contributed by atoms with Gasteiger partial charge in [-0.15, -0.1) is 0 Å². The third kappa shape index (κ3) is 1.75. The van der Waals surface area contributed by atoms with Gasteiger partial charge in [-0.2, -0.15) is 0 Å². The van der Waals surface area contributed by atoms with E-state index in [2.05, 4.69) is 0 Å². The Morgan fingerprint density at radius 2 is 1.43 bits per heavy atom. The quantitative estimate of drug-likeness (QED) is 0.522. The van der Waals surface area contributed by atoms with Crippen LogP contribution in [0, 0.1) is 0 Å². The average molecular weight is 273 g/mol. The van der Waals surface area contributed by atoms with E-state index in [0.717, 1.165) is 28.1 Å². The van der Waals surface area contributed by atoms with Crippen LogP contribution in [0.2, 0.25) is 0 Å². The number of aldehydes is 1. The molecule has 0 atom stereocenters. The molecule has 0 aliphatic carbocycles. The smallest absolute Gasteiger partial charge is 0.262 e. The summed E-state index contributed by atoms with van der Waals surface area (Å²) < 4.78 is 1.71. The lowest BCUT2D eigenvalue weighted by atomic mass is 10.0. The van der Waals surface area contributed by atoms with Gasteiger partial charge in [-0.25, -0.2) is 0 Å². The molecule has 3 nitrogen and oxygen atoms in total. The van der Waals surface area contributed by atoms with Crippen molar-refractivity contribution in [3.05, 3.63) is 71.8 Å². The van der Waals surface area contributed by atoms with Crippen molar-refractivity contribution in [3.8, 4) is 0 Å². The number of hydrogen-bond donors (Lipinski definition) is 0. The number of aromatic nitrogens is 1. The molecule has 0 radical (unpaired) electrons. The monoisotopic (exact) mass is 273 g/mol. The highest BCUT2D eigenvalue weighted by Gasteiger charge is 2.14. The summed E-state index contributed by atoms with van der Waals surface area (Å²) in [7, 11) is 0. The number of carbonyl (C=O) groups excluding carboxylic acids is 2. The van der Waals surface area contributed by atoms with E-state index in [1.165, 1.54) is 0 Å². The maximum absolute atomic E-state index is 12.6. The van der Waals surface area contributed by atoms with Crippen LogP contribution in [0.4, 0.5) is 0 Å². The van der Waals surface area contributed by atoms with Crippen LogP contribution in [-0.2, 0) is 0 Å². The second-order valence-corrected chi connectivity index (χ2v) is 5.10. The van der Waals surface area contributed by atoms with Crippen LogP contribution in [0.1, 0.15) is 20.7 Å². The molecule has 2 aromatic heterocycles. The Morgan fingerprint density at radius 3 is 2.10 bits per heavy atom. The standard InChI is InChI=1S/C18H11NO2/c20-11-12-1-2-14-10-15(4-3-13(14)9-12)18(21)19-16-5-6-17(19)8-7-16/h1-11H. The Balaban J connectivity index is 1.83. The Morgan fingerprint density at radius 1 is 0.810 bits per heavy atom. The Kier molecular flexibility index (Phi) is 2.42. The van der Waals surface area contributed by atoms with Crippen molar-refractivity contribution in [1.82, 2.24) is 4.57 Å². The first kappa shape index (κ1) is 11.9. The van der Waals surface area contributed by atoms with Gasteiger partial charge >= 0.3 is 0 Å². The summed E-state index contributed by atoms with van der Waals surface area (Å²) in [5.74, 6) is -0.0311. The lowest BCUT2D eigenvalue weighted by Gasteiger charge is -2.05. The largest absolute Gasteiger partial charge is 0.298 e. The lowest BCUT2D eigenvalue weighted by molar-refractivity contribution is 0.0969. The maximum atomic E-state index is 12.6. The SMILES string of the molecule is O=Cc1ccc2cc(C(=O)n3c4ccc3cc4)ccc2c1. The molecule has 100 valence electrons. The highest BCUT2D eigenvalue weighted by molar-refractivity contribution is 6.05. The molecule has 2 bridgehead atoms. The molecular weight excluding hydrogens is 262 g/mol. The summed E-state index contributed by atoms with van der Waals surface area (Å²) in [6.07, 6.45) is 0.824. The van der Waals surface area contributed by atoms with Crippen LogP contribution >= 0.6 is 0 Å². The Hall–Kier alpha value is -2.94. The van der Waals surface area contributed by atoms with Crippen molar-refractivity contribution < 1.29 is 9.59 Å². The molecule has 4 aromatic rings. The summed E-state index contributed by atoms with van der Waals surface area (Å²) in [4.78, 5) is 23.4. The molecule has 0 aliphatic heterocycles. The van der Waals surface area contributed by atoms with Crippen molar-refractivity contribution in [2.75, 3.05) is 0 Å². The second kappa shape index (κ2) is 4.28. The van der Waals surface area contributed by atoms with Crippen molar-refractivity contribution in [1.29, 1.82) is 0 Å². The number of rotatable bonds is 2. The van der Waals surface area contributed by atoms with Crippen LogP contribution in [0.5, 0.6) is 0 Å². The van der Waals surface area contributed by atoms with Gasteiger partial charge in [0.15, 0.2) is 0 Å². The van der Waals surface area contributed by atoms with Gasteiger partial charge in [0.25, 0.3) is 5.91 Å². The van der Waals surface area contributed by atoms with Crippen molar-refractivity contribution >= 4 is 34.0 Å². The Labute approximate surface area is 120 Å². The first-order chi connectivity index (χ1) is 10.3. The van der Waals surface area contributed by atoms with Gasteiger partial charge in [0.1, 0.15) is 6.29 Å². The minimum Gasteiger partial charge on any atom is -0.298 e. The van der Waals surface area contributed by atoms with Gasteiger partial charge in [0.05, 0.1) is 0 Å². The third-order valence-corrected chi connectivity index (χ3v) is 3.82. The number of fused-ring (bicyclic) bond motifs is 3. The molecule has 2 heterocycles. The highest BCUT2D eigenvalue weighted by Crippen LogP contribution is 2.22. The van der Waals surface area contributed by atoms with E-state index < -0.39 is 0 Å². The molecule has 0 amide bonds. The molecule has 0 unspecified atom stereocenters. The molecule has 0 saturated heterocycles. The molecule has 3 heteroatoms. The minimum atomic E-state index is -0.0311. The van der Waals surface area contributed by atoms with Gasteiger partial charge in [0, 0.05) is 22.2 Å². The van der Waals surface area contributed by atoms with E-state index in [1.807, 2.05) is 48.5 Å². The zero-order valence-corrected chi connectivity index (χ0v) is 11.1. The highest BCUT2D eigenvalue weighted by atomic mass is 16.2. The molecule has 4 rings (SSSR count). The summed E-state index contributed by atoms with van der Waals surface area (Å²) in [6, 6.07) is 18.7. The summed E-state index contributed by atoms with van der Waals surface area (Å²) >= 11 is 0. The zero-order valence-electron chi connectivity index (χ0n) is 11.1. The molecule has 2 aromatic carbocycles. The van der Waals surface area contributed by atoms with Crippen LogP contribution in [0.3, 0.4) is 0 Å². The number of carbonyl (C=O) groups is 2. The molecule has 21 heavy (non-hydrogen) atoms. The van der Waals surface area contributed by atoms with Crippen LogP contribution in [0.15, 0.2) is 60.7 Å². The van der Waals surface area contributed by atoms with Gasteiger partial charge in [0.2, 0.25) is 0 Å². The predicted octanol–water partition coefficient (Wildman–Crippen LogP) is 3.73. The second-order valence-electron chi connectivity index (χ2n) is 5.10. The number of nitrogens with zero attached hydrogens (tertiary/aromatic N) is 1. The Bertz CT molecular complexity index is 933. The molecule has 0 saturated carbocycles. The lowest BCUT2D eigenvalue weighted by Crippen LogP contribution is -2.09. The summed E-state index contributed by atoms with van der Waals surface area (Å²) in [6.45, 7) is 0. The molecule has 0 N–H and O–H groups in total. The molecule has 0 fully saturated rings. The van der Waals surface area contributed by atoms with E-state index in [1.54, 1.807) is 16.7 Å². The molecule has 0 spiro atoms. The molecule has 0 aliphatic rings. The summed E-state index contributed by atoms with van der Waals surface area (Å²) in [5.41, 5.74) is 3.10. The van der Waals surface area contributed by atoms with Crippen LogP contribution < -0.4 is 0 Å². The van der Waals surface area contributed by atoms with Gasteiger partial charge in [-0.3, -0.25) is 14.2 Å². The van der Waals surface area contributed by atoms with E-state index in [4.69, 9.17) is 0 Å². The van der Waals surface area contributed by atoms with E-state index >= 15 is 0 Å². The van der Waals surface area contributed by atoms with Crippen LogP contribution in [-0.4, -0.2) is 16.8 Å². The first-order valence-electron chi connectivity index (χ1n) is 6.70. The number of benzene rings is 3. The normalized spacial score (nSPS) is 11.2. The fourth-order valence-corrected chi connectivity index (χ4v) is 2.73.